The zero-order valence-electron chi connectivity index (χ0n) is 14.5. The summed E-state index contributed by atoms with van der Waals surface area (Å²) in [5.74, 6) is 0.435. The average molecular weight is 452 g/mol. The van der Waals surface area contributed by atoms with E-state index in [1.54, 1.807) is 35.7 Å². The molecule has 1 saturated heterocycles. The Morgan fingerprint density at radius 3 is 2.67 bits per heavy atom. The molecule has 1 aliphatic heterocycles. The summed E-state index contributed by atoms with van der Waals surface area (Å²) in [6.45, 7) is 2.72. The van der Waals surface area contributed by atoms with Gasteiger partial charge in [0.2, 0.25) is 0 Å². The zero-order chi connectivity index (χ0) is 19.4. The molecule has 1 aliphatic rings. The van der Waals surface area contributed by atoms with Crippen molar-refractivity contribution in [1.82, 2.24) is 4.31 Å². The summed E-state index contributed by atoms with van der Waals surface area (Å²) < 4.78 is 32.5. The third-order valence-corrected chi connectivity index (χ3v) is 8.19. The van der Waals surface area contributed by atoms with Crippen molar-refractivity contribution in [3.05, 3.63) is 45.8 Å². The van der Waals surface area contributed by atoms with Gasteiger partial charge in [-0.3, -0.25) is 0 Å². The Morgan fingerprint density at radius 1 is 1.26 bits per heavy atom. The van der Waals surface area contributed by atoms with Gasteiger partial charge in [-0.25, -0.2) is 8.42 Å². The largest absolute Gasteiger partial charge is 0.489 e. The molecule has 0 radical (unpaired) electrons. The number of benzene rings is 1. The van der Waals surface area contributed by atoms with Crippen molar-refractivity contribution >= 4 is 44.6 Å². The molecule has 2 aromatic rings. The lowest BCUT2D eigenvalue weighted by atomic mass is 10.3. The maximum absolute atomic E-state index is 12.5. The number of quaternary nitrogens is 1. The third kappa shape index (κ3) is 5.35. The van der Waals surface area contributed by atoms with Gasteiger partial charge in [0.1, 0.15) is 29.2 Å². The van der Waals surface area contributed by atoms with Crippen LogP contribution in [0.15, 0.2) is 39.9 Å². The highest BCUT2D eigenvalue weighted by Crippen LogP contribution is 2.27. The Bertz CT molecular complexity index is 854. The first-order valence-electron chi connectivity index (χ1n) is 8.49. The molecule has 0 amide bonds. The molecule has 1 aromatic heterocycles. The van der Waals surface area contributed by atoms with E-state index in [0.29, 0.717) is 52.7 Å². The number of hydrogen-bond acceptors (Lipinski definition) is 5. The van der Waals surface area contributed by atoms with Crippen molar-refractivity contribution in [2.45, 2.75) is 10.3 Å². The van der Waals surface area contributed by atoms with Crippen LogP contribution < -0.4 is 9.64 Å². The predicted molar refractivity (Wildman–Crippen MR) is 107 cm³/mol. The molecule has 1 fully saturated rings. The van der Waals surface area contributed by atoms with E-state index < -0.39 is 16.1 Å². The molecule has 0 saturated carbocycles. The van der Waals surface area contributed by atoms with Gasteiger partial charge in [-0.15, -0.1) is 11.3 Å². The fourth-order valence-corrected chi connectivity index (χ4v) is 5.87. The summed E-state index contributed by atoms with van der Waals surface area (Å²) in [7, 11) is -3.40. The fourth-order valence-electron chi connectivity index (χ4n) is 2.95. The lowest BCUT2D eigenvalue weighted by Crippen LogP contribution is -3.15. The highest BCUT2D eigenvalue weighted by Gasteiger charge is 2.31. The van der Waals surface area contributed by atoms with Crippen molar-refractivity contribution < 1.29 is 23.2 Å². The second-order valence-electron chi connectivity index (χ2n) is 6.33. The van der Waals surface area contributed by atoms with Crippen molar-refractivity contribution in [2.75, 3.05) is 39.3 Å². The summed E-state index contributed by atoms with van der Waals surface area (Å²) in [6.07, 6.45) is -0.685. The Morgan fingerprint density at radius 2 is 2.00 bits per heavy atom. The van der Waals surface area contributed by atoms with E-state index in [-0.39, 0.29) is 6.61 Å². The van der Waals surface area contributed by atoms with Gasteiger partial charge < -0.3 is 14.7 Å². The van der Waals surface area contributed by atoms with Crippen LogP contribution in [-0.4, -0.2) is 63.3 Å². The molecule has 1 aromatic carbocycles. The van der Waals surface area contributed by atoms with Gasteiger partial charge in [-0.2, -0.15) is 4.31 Å². The molecule has 10 heteroatoms. The van der Waals surface area contributed by atoms with E-state index in [4.69, 9.17) is 27.9 Å². The van der Waals surface area contributed by atoms with E-state index in [1.165, 1.54) is 15.6 Å². The molecule has 2 heterocycles. The SMILES string of the molecule is O=S(=O)(c1cccs1)N1CC[NH+](C[C@@H](O)COc2cc(Cl)ccc2Cl)CC1. The van der Waals surface area contributed by atoms with Gasteiger partial charge in [0.25, 0.3) is 10.0 Å². The summed E-state index contributed by atoms with van der Waals surface area (Å²) in [5.41, 5.74) is 0. The molecule has 148 valence electrons. The van der Waals surface area contributed by atoms with Crippen LogP contribution >= 0.6 is 34.5 Å². The average Bonchev–Trinajstić information content (AvgIpc) is 3.18. The van der Waals surface area contributed by atoms with Crippen LogP contribution in [0.25, 0.3) is 0 Å². The predicted octanol–water partition coefficient (Wildman–Crippen LogP) is 1.38. The molecular formula is C17H21Cl2N2O4S2+. The smallest absolute Gasteiger partial charge is 0.252 e. The van der Waals surface area contributed by atoms with Gasteiger partial charge in [0, 0.05) is 11.1 Å². The highest BCUT2D eigenvalue weighted by atomic mass is 35.5. The number of sulfonamides is 1. The Balaban J connectivity index is 1.47. The van der Waals surface area contributed by atoms with Gasteiger partial charge >= 0.3 is 0 Å². The molecule has 6 nitrogen and oxygen atoms in total. The maximum atomic E-state index is 12.5. The minimum Gasteiger partial charge on any atom is -0.489 e. The monoisotopic (exact) mass is 451 g/mol. The number of aliphatic hydroxyl groups is 1. The maximum Gasteiger partial charge on any atom is 0.252 e. The molecule has 27 heavy (non-hydrogen) atoms. The standard InChI is InChI=1S/C17H20Cl2N2O4S2/c18-13-3-4-15(19)16(10-13)25-12-14(22)11-20-5-7-21(8-6-20)27(23,24)17-2-1-9-26-17/h1-4,9-10,14,22H,5-8,11-12H2/p+1/t14-/m1/s1. The molecule has 2 N–H and O–H groups in total. The van der Waals surface area contributed by atoms with E-state index in [0.717, 1.165) is 4.90 Å². The van der Waals surface area contributed by atoms with Crippen LogP contribution in [-0.2, 0) is 10.0 Å². The molecule has 0 aliphatic carbocycles. The number of nitrogens with zero attached hydrogens (tertiary/aromatic N) is 1. The number of piperazine rings is 1. The second-order valence-corrected chi connectivity index (χ2v) is 10.3. The number of rotatable bonds is 7. The number of halogens is 2. The molecule has 0 unspecified atom stereocenters. The number of hydrogen-bond donors (Lipinski definition) is 2. The Hall–Kier alpha value is -0.870. The number of thiophene rings is 1. The van der Waals surface area contributed by atoms with E-state index in [1.807, 2.05) is 0 Å². The second kappa shape index (κ2) is 9.09. The van der Waals surface area contributed by atoms with Gasteiger partial charge in [0.05, 0.1) is 31.2 Å². The van der Waals surface area contributed by atoms with Crippen molar-refractivity contribution in [3.63, 3.8) is 0 Å². The lowest BCUT2D eigenvalue weighted by molar-refractivity contribution is -0.906. The number of ether oxygens (including phenoxy) is 1. The third-order valence-electron chi connectivity index (χ3n) is 4.37. The Labute approximate surface area is 172 Å². The zero-order valence-corrected chi connectivity index (χ0v) is 17.6. The van der Waals surface area contributed by atoms with Crippen LogP contribution in [0.5, 0.6) is 5.75 Å². The van der Waals surface area contributed by atoms with E-state index in [2.05, 4.69) is 0 Å². The topological polar surface area (TPSA) is 71.3 Å². The first-order chi connectivity index (χ1) is 12.9. The van der Waals surface area contributed by atoms with Gasteiger partial charge in [0.15, 0.2) is 0 Å². The first-order valence-corrected chi connectivity index (χ1v) is 11.6. The minimum atomic E-state index is -3.40. The quantitative estimate of drug-likeness (QED) is 0.666. The van der Waals surface area contributed by atoms with Gasteiger partial charge in [-0.1, -0.05) is 29.3 Å². The van der Waals surface area contributed by atoms with Crippen LogP contribution in [0.2, 0.25) is 10.0 Å². The lowest BCUT2D eigenvalue weighted by Gasteiger charge is -2.32. The molecule has 0 bridgehead atoms. The fraction of sp³-hybridized carbons (Fsp3) is 0.412. The summed E-state index contributed by atoms with van der Waals surface area (Å²) in [5, 5.41) is 13.0. The van der Waals surface area contributed by atoms with Gasteiger partial charge in [-0.05, 0) is 23.6 Å². The minimum absolute atomic E-state index is 0.0980. The molecule has 1 atom stereocenters. The van der Waals surface area contributed by atoms with Crippen molar-refractivity contribution in [1.29, 1.82) is 0 Å². The summed E-state index contributed by atoms with van der Waals surface area (Å²) in [6, 6.07) is 8.28. The Kier molecular flexibility index (Phi) is 7.02. The molecular weight excluding hydrogens is 431 g/mol. The molecule has 0 spiro atoms. The van der Waals surface area contributed by atoms with Crippen LogP contribution in [0, 0.1) is 0 Å². The molecule has 3 rings (SSSR count). The first kappa shape index (κ1) is 20.9. The normalized spacial score (nSPS) is 17.7. The van der Waals surface area contributed by atoms with E-state index in [9.17, 15) is 13.5 Å². The summed E-state index contributed by atoms with van der Waals surface area (Å²) in [4.78, 5) is 1.14. The number of nitrogens with one attached hydrogen (secondary N) is 1. The number of aliphatic hydroxyl groups excluding tert-OH is 1. The van der Waals surface area contributed by atoms with Crippen molar-refractivity contribution in [2.24, 2.45) is 0 Å². The van der Waals surface area contributed by atoms with Crippen LogP contribution in [0.4, 0.5) is 0 Å². The highest BCUT2D eigenvalue weighted by molar-refractivity contribution is 7.91. The van der Waals surface area contributed by atoms with Crippen LogP contribution in [0.3, 0.4) is 0 Å². The van der Waals surface area contributed by atoms with E-state index >= 15 is 0 Å². The van der Waals surface area contributed by atoms with Crippen molar-refractivity contribution in [3.8, 4) is 5.75 Å². The van der Waals surface area contributed by atoms with Crippen LogP contribution in [0.1, 0.15) is 0 Å². The summed E-state index contributed by atoms with van der Waals surface area (Å²) >= 11 is 13.2.